The van der Waals surface area contributed by atoms with Gasteiger partial charge in [-0.2, -0.15) is 0 Å². The predicted octanol–water partition coefficient (Wildman–Crippen LogP) is 7.67. The van der Waals surface area contributed by atoms with E-state index < -0.39 is 14.9 Å². The zero-order chi connectivity index (χ0) is 42.2. The maximum absolute atomic E-state index is 13.8. The van der Waals surface area contributed by atoms with Gasteiger partial charge in [0.1, 0.15) is 12.0 Å². The molecule has 8 rings (SSSR count). The van der Waals surface area contributed by atoms with Gasteiger partial charge in [0, 0.05) is 103 Å². The van der Waals surface area contributed by atoms with E-state index in [-0.39, 0.29) is 28.1 Å². The zero-order valence-electron chi connectivity index (χ0n) is 33.4. The number of pyridine rings is 1. The first kappa shape index (κ1) is 42.3. The predicted molar refractivity (Wildman–Crippen MR) is 242 cm³/mol. The van der Waals surface area contributed by atoms with Crippen molar-refractivity contribution in [3.8, 4) is 11.3 Å². The van der Waals surface area contributed by atoms with Crippen LogP contribution >= 0.6 is 23.4 Å². The summed E-state index contributed by atoms with van der Waals surface area (Å²) in [5.74, 6) is 0.741. The number of ether oxygens (including phenoxy) is 1. The second-order valence-corrected chi connectivity index (χ2v) is 18.2. The number of fused-ring (bicyclic) bond motifs is 1. The summed E-state index contributed by atoms with van der Waals surface area (Å²) >= 11 is 7.79. The summed E-state index contributed by atoms with van der Waals surface area (Å²) in [7, 11) is -4.28. The number of anilines is 3. The Kier molecular flexibility index (Phi) is 13.6. The molecular weight excluding hydrogens is 834 g/mol. The Morgan fingerprint density at radius 3 is 2.41 bits per heavy atom. The molecule has 2 N–H and O–H groups in total. The van der Waals surface area contributed by atoms with Crippen molar-refractivity contribution in [2.75, 3.05) is 79.7 Å². The summed E-state index contributed by atoms with van der Waals surface area (Å²) in [6.07, 6.45) is 3.86. The number of nitrogens with one attached hydrogen (secondary N) is 2. The Morgan fingerprint density at radius 2 is 1.64 bits per heavy atom. The molecule has 2 aliphatic rings. The maximum Gasteiger partial charge on any atom is 0.293 e. The van der Waals surface area contributed by atoms with Crippen LogP contribution in [0.5, 0.6) is 0 Å². The second-order valence-electron chi connectivity index (χ2n) is 15.0. The van der Waals surface area contributed by atoms with Crippen LogP contribution in [0.1, 0.15) is 12.0 Å². The first-order valence-corrected chi connectivity index (χ1v) is 23.0. The highest BCUT2D eigenvalue weighted by Crippen LogP contribution is 2.33. The summed E-state index contributed by atoms with van der Waals surface area (Å²) in [4.78, 5) is 33.1. The van der Waals surface area contributed by atoms with E-state index in [1.807, 2.05) is 85.1 Å². The molecule has 0 bridgehead atoms. The van der Waals surface area contributed by atoms with Crippen molar-refractivity contribution >= 4 is 67.2 Å². The summed E-state index contributed by atoms with van der Waals surface area (Å²) in [6, 6.07) is 31.3. The van der Waals surface area contributed by atoms with Gasteiger partial charge in [0.05, 0.1) is 34.2 Å². The molecule has 0 unspecified atom stereocenters. The molecule has 4 aromatic carbocycles. The molecule has 2 aromatic heterocycles. The lowest BCUT2D eigenvalue weighted by molar-refractivity contribution is -0.384. The number of morpholine rings is 1. The van der Waals surface area contributed by atoms with Crippen LogP contribution in [-0.4, -0.2) is 109 Å². The van der Waals surface area contributed by atoms with Gasteiger partial charge >= 0.3 is 0 Å². The summed E-state index contributed by atoms with van der Waals surface area (Å²) in [5.41, 5.74) is 4.58. The number of aromatic nitrogens is 3. The van der Waals surface area contributed by atoms with E-state index in [4.69, 9.17) is 16.3 Å². The minimum atomic E-state index is -4.28. The Labute approximate surface area is 364 Å². The fourth-order valence-electron chi connectivity index (χ4n) is 7.59. The van der Waals surface area contributed by atoms with Crippen LogP contribution < -0.4 is 14.9 Å². The van der Waals surface area contributed by atoms with E-state index in [1.54, 1.807) is 11.8 Å². The summed E-state index contributed by atoms with van der Waals surface area (Å²) < 4.78 is 35.7. The van der Waals surface area contributed by atoms with E-state index >= 15 is 0 Å². The molecule has 316 valence electrons. The number of halogens is 1. The van der Waals surface area contributed by atoms with Crippen LogP contribution in [0.4, 0.5) is 22.9 Å². The number of nitro groups is 1. The number of hydrogen-bond acceptors (Lipinski definition) is 13. The molecule has 6 aromatic rings. The van der Waals surface area contributed by atoms with Gasteiger partial charge in [-0.15, -0.1) is 11.8 Å². The van der Waals surface area contributed by atoms with Crippen LogP contribution in [-0.2, 0) is 21.3 Å². The van der Waals surface area contributed by atoms with Gasteiger partial charge in [-0.3, -0.25) is 29.6 Å². The van der Waals surface area contributed by atoms with Gasteiger partial charge in [0.2, 0.25) is 0 Å². The number of benzene rings is 4. The average Bonchev–Trinajstić information content (AvgIpc) is 3.28. The lowest BCUT2D eigenvalue weighted by Crippen LogP contribution is -2.46. The molecule has 0 radical (unpaired) electrons. The SMILES string of the molecule is O=[N+]([O-])c1cc(S(=O)(=O)Nc2ncnc3cc(N4CCN(Cc5cccnc5-c5ccc(Cl)cc5)CC4)ccc23)ccc1N[C@H](CCN1CCOCC1)CSc1ccccc1. The Bertz CT molecular complexity index is 2560. The normalized spacial score (nSPS) is 15.7. The number of piperazine rings is 1. The quantitative estimate of drug-likeness (QED) is 0.0555. The fraction of sp³-hybridized carbons (Fsp3) is 0.295. The molecule has 1 atom stereocenters. The third-order valence-corrected chi connectivity index (χ3v) is 13.7. The molecular formula is C44H46ClN9O5S2. The van der Waals surface area contributed by atoms with Gasteiger partial charge in [-0.25, -0.2) is 18.4 Å². The molecule has 61 heavy (non-hydrogen) atoms. The smallest absolute Gasteiger partial charge is 0.293 e. The topological polar surface area (TPSA) is 159 Å². The fourth-order valence-corrected chi connectivity index (χ4v) is 9.76. The molecule has 14 nitrogen and oxygen atoms in total. The molecule has 17 heteroatoms. The zero-order valence-corrected chi connectivity index (χ0v) is 35.8. The van der Waals surface area contributed by atoms with Crippen LogP contribution in [0.2, 0.25) is 5.02 Å². The molecule has 0 spiro atoms. The standard InChI is InChI=1S/C44H46ClN9O5S2/c45-34-10-8-32(9-11-34)43-33(5-4-17-46-43)29-52-19-21-53(22-20-52)36-12-14-39-41(27-36)47-31-48-44(39)50-61(57,58)38-13-15-40(42(28-38)54(55)56)49-35(16-18-51-23-25-59-26-24-51)30-60-37-6-2-1-3-7-37/h1-15,17,27-28,31,35,49H,16,18-26,29-30H2,(H,47,48,50)/t35-/m1/s1. The lowest BCUT2D eigenvalue weighted by atomic mass is 10.1. The van der Waals surface area contributed by atoms with Gasteiger partial charge in [0.25, 0.3) is 15.7 Å². The number of rotatable bonds is 16. The molecule has 0 amide bonds. The first-order chi connectivity index (χ1) is 29.7. The van der Waals surface area contributed by atoms with E-state index in [0.29, 0.717) is 34.9 Å². The monoisotopic (exact) mass is 879 g/mol. The highest BCUT2D eigenvalue weighted by atomic mass is 35.5. The molecule has 4 heterocycles. The number of nitrogens with zero attached hydrogens (tertiary/aromatic N) is 7. The summed E-state index contributed by atoms with van der Waals surface area (Å²) in [5, 5.41) is 17.0. The van der Waals surface area contributed by atoms with Crippen molar-refractivity contribution in [2.45, 2.75) is 28.8 Å². The third kappa shape index (κ3) is 10.8. The minimum Gasteiger partial charge on any atom is -0.379 e. The highest BCUT2D eigenvalue weighted by Gasteiger charge is 2.26. The largest absolute Gasteiger partial charge is 0.379 e. The van der Waals surface area contributed by atoms with Crippen molar-refractivity contribution in [2.24, 2.45) is 0 Å². The van der Waals surface area contributed by atoms with Crippen molar-refractivity contribution in [3.63, 3.8) is 0 Å². The second kappa shape index (κ2) is 19.6. The van der Waals surface area contributed by atoms with Crippen molar-refractivity contribution < 1.29 is 18.1 Å². The highest BCUT2D eigenvalue weighted by molar-refractivity contribution is 7.99. The van der Waals surface area contributed by atoms with E-state index in [1.165, 1.54) is 18.5 Å². The van der Waals surface area contributed by atoms with Crippen molar-refractivity contribution in [1.82, 2.24) is 24.8 Å². The van der Waals surface area contributed by atoms with Crippen LogP contribution in [0.25, 0.3) is 22.2 Å². The molecule has 2 fully saturated rings. The molecule has 0 aliphatic carbocycles. The average molecular weight is 880 g/mol. The van der Waals surface area contributed by atoms with Gasteiger partial charge in [0.15, 0.2) is 5.82 Å². The number of thioether (sulfide) groups is 1. The maximum atomic E-state index is 13.8. The molecule has 0 saturated carbocycles. The van der Waals surface area contributed by atoms with E-state index in [2.05, 4.69) is 45.8 Å². The molecule has 2 saturated heterocycles. The van der Waals surface area contributed by atoms with Crippen molar-refractivity contribution in [1.29, 1.82) is 0 Å². The first-order valence-electron chi connectivity index (χ1n) is 20.2. The van der Waals surface area contributed by atoms with E-state index in [9.17, 15) is 18.5 Å². The van der Waals surface area contributed by atoms with E-state index in [0.717, 1.165) is 92.2 Å². The number of hydrogen-bond donors (Lipinski definition) is 2. The van der Waals surface area contributed by atoms with Gasteiger partial charge in [-0.05, 0) is 72.6 Å². The Balaban J connectivity index is 0.934. The van der Waals surface area contributed by atoms with Gasteiger partial charge in [-0.1, -0.05) is 48.0 Å². The van der Waals surface area contributed by atoms with Gasteiger partial charge < -0.3 is 15.0 Å². The summed E-state index contributed by atoms with van der Waals surface area (Å²) in [6.45, 7) is 7.84. The van der Waals surface area contributed by atoms with Crippen LogP contribution in [0.3, 0.4) is 0 Å². The van der Waals surface area contributed by atoms with Crippen molar-refractivity contribution in [3.05, 3.63) is 136 Å². The van der Waals surface area contributed by atoms with Crippen LogP contribution in [0.15, 0.2) is 125 Å². The third-order valence-electron chi connectivity index (χ3n) is 10.9. The number of sulfonamides is 1. The van der Waals surface area contributed by atoms with Crippen LogP contribution in [0, 0.1) is 10.1 Å². The number of nitro benzene ring substituents is 1. The Morgan fingerprint density at radius 1 is 0.852 bits per heavy atom. The lowest BCUT2D eigenvalue weighted by Gasteiger charge is -2.36. The Hall–Kier alpha value is -5.36. The minimum absolute atomic E-state index is 0.0836. The molecule has 2 aliphatic heterocycles.